The second-order valence-electron chi connectivity index (χ2n) is 5.77. The van der Waals surface area contributed by atoms with Gasteiger partial charge in [-0.25, -0.2) is 44.4 Å². The second-order valence-corrected chi connectivity index (χ2v) is 5.77. The van der Waals surface area contributed by atoms with Crippen LogP contribution in [0, 0.1) is 55.3 Å². The van der Waals surface area contributed by atoms with Crippen molar-refractivity contribution >= 4 is 0 Å². The number of nitrogens with one attached hydrogen (secondary N) is 3. The molecule has 0 saturated heterocycles. The number of H-pyrrole nitrogens is 3. The maximum absolute atomic E-state index is 8.24. The van der Waals surface area contributed by atoms with Crippen LogP contribution in [-0.4, -0.2) is 15.0 Å². The highest BCUT2D eigenvalue weighted by Crippen LogP contribution is 1.80. The van der Waals surface area contributed by atoms with Gasteiger partial charge in [-0.1, -0.05) is 0 Å². The molecule has 3 rings (SSSR count). The van der Waals surface area contributed by atoms with Crippen molar-refractivity contribution in [3.05, 3.63) is 54.7 Å². The highest BCUT2D eigenvalue weighted by molar-refractivity contribution is 4.71. The molecule has 3 N–H and O–H groups in total. The van der Waals surface area contributed by atoms with Gasteiger partial charge in [0.2, 0.25) is 0 Å². The summed E-state index contributed by atoms with van der Waals surface area (Å²) in [6.07, 6.45) is 13.4. The van der Waals surface area contributed by atoms with Crippen LogP contribution in [0.25, 0.3) is 0 Å². The fourth-order valence-corrected chi connectivity index (χ4v) is 2.36. The normalized spacial score (nSPS) is 7.73. The third kappa shape index (κ3) is 18.0. The van der Waals surface area contributed by atoms with E-state index >= 15 is 0 Å². The van der Waals surface area contributed by atoms with E-state index in [0.29, 0.717) is 18.8 Å². The number of aromatic amines is 3. The van der Waals surface area contributed by atoms with Gasteiger partial charge < -0.3 is 15.3 Å². The minimum Gasteiger partial charge on any atom is -0.812 e. The third-order valence-corrected chi connectivity index (χ3v) is 3.95. The Morgan fingerprint density at radius 1 is 0.606 bits per heavy atom. The quantitative estimate of drug-likeness (QED) is 0.310. The fraction of sp³-hybridized carbons (Fsp3) is 0.429. The predicted molar refractivity (Wildman–Crippen MR) is 111 cm³/mol. The first-order valence-electron chi connectivity index (χ1n) is 9.91. The zero-order valence-electron chi connectivity index (χ0n) is 20.0. The molecule has 3 aromatic heterocycles. The largest absolute Gasteiger partial charge is 0.812 e. The average molecular weight is 460 g/mol. The van der Waals surface area contributed by atoms with Gasteiger partial charge in [0.05, 0.1) is 19.6 Å². The van der Waals surface area contributed by atoms with Crippen molar-refractivity contribution in [2.24, 2.45) is 0 Å². The van der Waals surface area contributed by atoms with Gasteiger partial charge in [0.15, 0.2) is 0 Å². The molecule has 0 saturated carbocycles. The fourth-order valence-electron chi connectivity index (χ4n) is 2.36. The van der Waals surface area contributed by atoms with Crippen LogP contribution < -0.4 is 29.0 Å². The molecule has 180 valence electrons. The van der Waals surface area contributed by atoms with Gasteiger partial charge in [-0.05, 0) is 20.8 Å². The lowest BCUT2D eigenvalue weighted by atomic mass is 10.6. The van der Waals surface area contributed by atoms with Crippen LogP contribution in [0.5, 0.6) is 0 Å². The minimum absolute atomic E-state index is 0.500. The zero-order chi connectivity index (χ0) is 26.1. The Morgan fingerprint density at radius 2 is 0.788 bits per heavy atom. The molecule has 33 heavy (non-hydrogen) atoms. The van der Waals surface area contributed by atoms with E-state index in [1.165, 1.54) is 17.5 Å². The SMILES string of the molecule is CC[n+]1cc[nH]c1C.CC[n+]1cc[nH]c1C.CC[n+]1cc[nH]c1C.N#C[O-].N#C[O-].N#C[O-]. The molecular formula is C21H33N9O3. The molecule has 0 bridgehead atoms. The highest BCUT2D eigenvalue weighted by atomic mass is 16.2. The van der Waals surface area contributed by atoms with E-state index < -0.39 is 0 Å². The lowest BCUT2D eigenvalue weighted by molar-refractivity contribution is -0.698. The van der Waals surface area contributed by atoms with Gasteiger partial charge in [0, 0.05) is 39.5 Å². The standard InChI is InChI=1S/3C6H10N2.3CHNO/c3*1-3-8-5-4-7-6(8)2;3*2-1-3/h3*4-5H,3H2,1-2H3;3*3H. The van der Waals surface area contributed by atoms with Crippen molar-refractivity contribution in [3.8, 4) is 18.8 Å². The van der Waals surface area contributed by atoms with Gasteiger partial charge >= 0.3 is 0 Å². The third-order valence-electron chi connectivity index (χ3n) is 3.95. The van der Waals surface area contributed by atoms with Crippen LogP contribution in [0.1, 0.15) is 38.2 Å². The highest BCUT2D eigenvalue weighted by Gasteiger charge is 1.99. The van der Waals surface area contributed by atoms with E-state index in [2.05, 4.69) is 70.2 Å². The van der Waals surface area contributed by atoms with Crippen molar-refractivity contribution in [1.82, 2.24) is 15.0 Å². The summed E-state index contributed by atoms with van der Waals surface area (Å²) in [6, 6.07) is 0. The van der Waals surface area contributed by atoms with Crippen molar-refractivity contribution in [3.63, 3.8) is 0 Å². The Labute approximate surface area is 194 Å². The summed E-state index contributed by atoms with van der Waals surface area (Å²) in [4.78, 5) is 9.25. The van der Waals surface area contributed by atoms with Crippen LogP contribution in [-0.2, 0) is 19.6 Å². The van der Waals surface area contributed by atoms with Gasteiger partial charge in [0.1, 0.15) is 37.2 Å². The molecule has 0 spiro atoms. The Kier molecular flexibility index (Phi) is 23.9. The molecule has 0 aliphatic heterocycles. The minimum atomic E-state index is 0.500. The first kappa shape index (κ1) is 33.1. The Hall–Kier alpha value is -4.50. The van der Waals surface area contributed by atoms with Gasteiger partial charge in [-0.2, -0.15) is 0 Å². The second kappa shape index (κ2) is 23.8. The predicted octanol–water partition coefficient (Wildman–Crippen LogP) is -1.63. The number of nitriles is 3. The number of nitrogens with zero attached hydrogens (tertiary/aromatic N) is 6. The van der Waals surface area contributed by atoms with E-state index in [1.807, 2.05) is 37.2 Å². The van der Waals surface area contributed by atoms with E-state index in [1.54, 1.807) is 0 Å². The molecule has 0 fully saturated rings. The van der Waals surface area contributed by atoms with E-state index in [-0.39, 0.29) is 0 Å². The molecule has 0 aromatic carbocycles. The number of imidazole rings is 3. The molecule has 3 aromatic rings. The topological polar surface area (TPSA) is 200 Å². The molecule has 0 amide bonds. The molecule has 0 unspecified atom stereocenters. The van der Waals surface area contributed by atoms with Gasteiger partial charge in [-0.15, -0.1) is 0 Å². The Bertz CT molecular complexity index is 832. The molecule has 0 aliphatic rings. The van der Waals surface area contributed by atoms with Crippen molar-refractivity contribution in [2.45, 2.75) is 61.2 Å². The van der Waals surface area contributed by atoms with Crippen molar-refractivity contribution in [1.29, 1.82) is 15.8 Å². The molecular weight excluding hydrogens is 426 g/mol. The monoisotopic (exact) mass is 459 g/mol. The van der Waals surface area contributed by atoms with E-state index in [4.69, 9.17) is 31.1 Å². The van der Waals surface area contributed by atoms with E-state index in [9.17, 15) is 0 Å². The zero-order valence-corrected chi connectivity index (χ0v) is 20.0. The molecule has 0 aliphatic carbocycles. The number of aryl methyl sites for hydroxylation is 6. The average Bonchev–Trinajstić information content (AvgIpc) is 3.51. The van der Waals surface area contributed by atoms with Crippen LogP contribution >= 0.6 is 0 Å². The summed E-state index contributed by atoms with van der Waals surface area (Å²) in [6.45, 7) is 15.7. The molecule has 0 radical (unpaired) electrons. The summed E-state index contributed by atoms with van der Waals surface area (Å²) in [5.41, 5.74) is 0. The Morgan fingerprint density at radius 3 is 0.848 bits per heavy atom. The molecule has 3 heterocycles. The van der Waals surface area contributed by atoms with Gasteiger partial charge in [-0.3, -0.25) is 0 Å². The summed E-state index contributed by atoms with van der Waals surface area (Å²) >= 11 is 0. The number of aromatic nitrogens is 6. The summed E-state index contributed by atoms with van der Waals surface area (Å²) in [5, 5.41) is 45.0. The Balaban J connectivity index is -0.000000348. The smallest absolute Gasteiger partial charge is 0.250 e. The number of rotatable bonds is 3. The maximum Gasteiger partial charge on any atom is 0.250 e. The van der Waals surface area contributed by atoms with Crippen LogP contribution in [0.3, 0.4) is 0 Å². The number of hydrogen-bond acceptors (Lipinski definition) is 6. The lowest BCUT2D eigenvalue weighted by Crippen LogP contribution is -2.32. The first-order chi connectivity index (χ1) is 15.8. The molecule has 12 nitrogen and oxygen atoms in total. The summed E-state index contributed by atoms with van der Waals surface area (Å²) < 4.78 is 6.46. The van der Waals surface area contributed by atoms with Crippen LogP contribution in [0.2, 0.25) is 0 Å². The van der Waals surface area contributed by atoms with E-state index in [0.717, 1.165) is 19.6 Å². The summed E-state index contributed by atoms with van der Waals surface area (Å²) in [7, 11) is 0. The van der Waals surface area contributed by atoms with Crippen LogP contribution in [0.15, 0.2) is 37.2 Å². The summed E-state index contributed by atoms with van der Waals surface area (Å²) in [5.74, 6) is 3.65. The first-order valence-corrected chi connectivity index (χ1v) is 9.91. The van der Waals surface area contributed by atoms with Crippen molar-refractivity contribution < 1.29 is 29.0 Å². The number of hydrogen-bond donors (Lipinski definition) is 3. The lowest BCUT2D eigenvalue weighted by Gasteiger charge is -1.86. The van der Waals surface area contributed by atoms with Crippen LogP contribution in [0.4, 0.5) is 0 Å². The molecule has 0 atom stereocenters. The molecule has 12 heteroatoms. The van der Waals surface area contributed by atoms with Crippen molar-refractivity contribution in [2.75, 3.05) is 0 Å². The maximum atomic E-state index is 8.24. The van der Waals surface area contributed by atoms with Gasteiger partial charge in [0.25, 0.3) is 17.5 Å².